The third kappa shape index (κ3) is 2.71. The van der Waals surface area contributed by atoms with Crippen molar-refractivity contribution in [2.24, 2.45) is 0 Å². The fourth-order valence-corrected chi connectivity index (χ4v) is 1.50. The van der Waals surface area contributed by atoms with Gasteiger partial charge in [0.2, 0.25) is 0 Å². The van der Waals surface area contributed by atoms with E-state index in [-0.39, 0.29) is 5.56 Å². The SMILES string of the molecule is CNCCC#Cc1ccc2c(=O)[nH]cnc2c1. The first kappa shape index (κ1) is 11.4. The number of hydrogen-bond acceptors (Lipinski definition) is 3. The Morgan fingerprint density at radius 2 is 2.35 bits per heavy atom. The highest BCUT2D eigenvalue weighted by Gasteiger charge is 1.98. The van der Waals surface area contributed by atoms with E-state index in [0.29, 0.717) is 10.9 Å². The van der Waals surface area contributed by atoms with E-state index >= 15 is 0 Å². The average molecular weight is 227 g/mol. The van der Waals surface area contributed by atoms with Crippen molar-refractivity contribution < 1.29 is 0 Å². The van der Waals surface area contributed by atoms with Crippen LogP contribution in [0.4, 0.5) is 0 Å². The molecule has 2 aromatic rings. The molecule has 0 amide bonds. The van der Waals surface area contributed by atoms with Crippen molar-refractivity contribution in [3.05, 3.63) is 40.4 Å². The maximum atomic E-state index is 11.4. The van der Waals surface area contributed by atoms with Crippen LogP contribution in [-0.2, 0) is 0 Å². The van der Waals surface area contributed by atoms with Gasteiger partial charge < -0.3 is 10.3 Å². The molecular weight excluding hydrogens is 214 g/mol. The molecule has 0 bridgehead atoms. The number of nitrogens with zero attached hydrogens (tertiary/aromatic N) is 1. The van der Waals surface area contributed by atoms with Gasteiger partial charge in [0.25, 0.3) is 5.56 Å². The summed E-state index contributed by atoms with van der Waals surface area (Å²) in [6, 6.07) is 5.42. The molecule has 1 aromatic heterocycles. The summed E-state index contributed by atoms with van der Waals surface area (Å²) in [5.41, 5.74) is 1.44. The third-order valence-electron chi connectivity index (χ3n) is 2.37. The Labute approximate surface area is 99.1 Å². The zero-order valence-electron chi connectivity index (χ0n) is 9.58. The molecule has 4 heteroatoms. The number of aromatic nitrogens is 2. The molecule has 17 heavy (non-hydrogen) atoms. The number of nitrogens with one attached hydrogen (secondary N) is 2. The van der Waals surface area contributed by atoms with E-state index in [1.165, 1.54) is 6.33 Å². The molecule has 0 aliphatic carbocycles. The van der Waals surface area contributed by atoms with Crippen LogP contribution >= 0.6 is 0 Å². The standard InChI is InChI=1S/C13H13N3O/c1-14-7-3-2-4-10-5-6-11-12(8-10)15-9-16-13(11)17/h5-6,8-9,14H,3,7H2,1H3,(H,15,16,17). The van der Waals surface area contributed by atoms with Crippen molar-refractivity contribution in [3.8, 4) is 11.8 Å². The van der Waals surface area contributed by atoms with Crippen LogP contribution in [-0.4, -0.2) is 23.6 Å². The highest BCUT2D eigenvalue weighted by Crippen LogP contribution is 2.08. The quantitative estimate of drug-likeness (QED) is 0.591. The van der Waals surface area contributed by atoms with Crippen molar-refractivity contribution in [3.63, 3.8) is 0 Å². The number of fused-ring (bicyclic) bond motifs is 1. The number of aromatic amines is 1. The van der Waals surface area contributed by atoms with Gasteiger partial charge in [-0.15, -0.1) is 0 Å². The summed E-state index contributed by atoms with van der Waals surface area (Å²) in [7, 11) is 1.90. The maximum Gasteiger partial charge on any atom is 0.258 e. The minimum absolute atomic E-state index is 0.121. The van der Waals surface area contributed by atoms with Crippen molar-refractivity contribution in [2.75, 3.05) is 13.6 Å². The van der Waals surface area contributed by atoms with Gasteiger partial charge in [0.15, 0.2) is 0 Å². The Kier molecular flexibility index (Phi) is 3.53. The maximum absolute atomic E-state index is 11.4. The molecule has 86 valence electrons. The van der Waals surface area contributed by atoms with Crippen LogP contribution in [0.15, 0.2) is 29.3 Å². The first-order valence-corrected chi connectivity index (χ1v) is 5.42. The molecule has 4 nitrogen and oxygen atoms in total. The molecule has 0 spiro atoms. The molecule has 2 rings (SSSR count). The van der Waals surface area contributed by atoms with E-state index in [2.05, 4.69) is 27.1 Å². The Morgan fingerprint density at radius 1 is 1.47 bits per heavy atom. The monoisotopic (exact) mass is 227 g/mol. The fourth-order valence-electron chi connectivity index (χ4n) is 1.50. The minimum atomic E-state index is -0.121. The minimum Gasteiger partial charge on any atom is -0.319 e. The highest BCUT2D eigenvalue weighted by molar-refractivity contribution is 5.78. The summed E-state index contributed by atoms with van der Waals surface area (Å²) in [5.74, 6) is 6.10. The molecule has 1 heterocycles. The van der Waals surface area contributed by atoms with E-state index < -0.39 is 0 Å². The summed E-state index contributed by atoms with van der Waals surface area (Å²) >= 11 is 0. The van der Waals surface area contributed by atoms with Crippen LogP contribution in [0.3, 0.4) is 0 Å². The number of hydrogen-bond donors (Lipinski definition) is 2. The van der Waals surface area contributed by atoms with Gasteiger partial charge in [-0.1, -0.05) is 11.8 Å². The summed E-state index contributed by atoms with van der Waals surface area (Å²) in [6.07, 6.45) is 2.21. The lowest BCUT2D eigenvalue weighted by atomic mass is 10.1. The molecule has 0 aliphatic rings. The van der Waals surface area contributed by atoms with Crippen LogP contribution in [0.1, 0.15) is 12.0 Å². The van der Waals surface area contributed by atoms with Gasteiger partial charge in [-0.2, -0.15) is 0 Å². The molecule has 0 aliphatic heterocycles. The summed E-state index contributed by atoms with van der Waals surface area (Å²) in [6.45, 7) is 0.874. The first-order chi connectivity index (χ1) is 8.31. The molecular formula is C13H13N3O. The van der Waals surface area contributed by atoms with Crippen LogP contribution < -0.4 is 10.9 Å². The van der Waals surface area contributed by atoms with Crippen LogP contribution in [0.25, 0.3) is 10.9 Å². The number of benzene rings is 1. The van der Waals surface area contributed by atoms with Gasteiger partial charge in [-0.05, 0) is 25.2 Å². The van der Waals surface area contributed by atoms with Gasteiger partial charge in [-0.25, -0.2) is 4.98 Å². The van der Waals surface area contributed by atoms with Crippen molar-refractivity contribution in [1.82, 2.24) is 15.3 Å². The molecule has 1 aromatic carbocycles. The van der Waals surface area contributed by atoms with Crippen molar-refractivity contribution >= 4 is 10.9 Å². The topological polar surface area (TPSA) is 57.8 Å². The lowest BCUT2D eigenvalue weighted by Gasteiger charge is -1.95. The summed E-state index contributed by atoms with van der Waals surface area (Å²) < 4.78 is 0. The molecule has 0 atom stereocenters. The van der Waals surface area contributed by atoms with Gasteiger partial charge in [-0.3, -0.25) is 4.79 Å². The van der Waals surface area contributed by atoms with Gasteiger partial charge in [0.1, 0.15) is 0 Å². The molecule has 0 radical (unpaired) electrons. The normalized spacial score (nSPS) is 9.94. The Morgan fingerprint density at radius 3 is 3.18 bits per heavy atom. The summed E-state index contributed by atoms with van der Waals surface area (Å²) in [4.78, 5) is 18.1. The van der Waals surface area contributed by atoms with Gasteiger partial charge in [0.05, 0.1) is 17.2 Å². The van der Waals surface area contributed by atoms with E-state index in [0.717, 1.165) is 18.5 Å². The van der Waals surface area contributed by atoms with Crippen LogP contribution in [0.2, 0.25) is 0 Å². The lowest BCUT2D eigenvalue weighted by molar-refractivity contribution is 0.818. The van der Waals surface area contributed by atoms with Crippen molar-refractivity contribution in [1.29, 1.82) is 0 Å². The second-order valence-corrected chi connectivity index (χ2v) is 3.62. The van der Waals surface area contributed by atoms with Crippen molar-refractivity contribution in [2.45, 2.75) is 6.42 Å². The Hall–Kier alpha value is -2.12. The van der Waals surface area contributed by atoms with E-state index in [4.69, 9.17) is 0 Å². The molecule has 0 unspecified atom stereocenters. The predicted molar refractivity (Wildman–Crippen MR) is 67.8 cm³/mol. The van der Waals surface area contributed by atoms with E-state index in [1.807, 2.05) is 19.2 Å². The van der Waals surface area contributed by atoms with Gasteiger partial charge >= 0.3 is 0 Å². The highest BCUT2D eigenvalue weighted by atomic mass is 16.1. The van der Waals surface area contributed by atoms with Gasteiger partial charge in [0, 0.05) is 18.5 Å². The predicted octanol–water partition coefficient (Wildman–Crippen LogP) is 0.884. The number of rotatable bonds is 2. The Bertz CT molecular complexity index is 634. The zero-order valence-corrected chi connectivity index (χ0v) is 9.58. The Balaban J connectivity index is 2.31. The number of H-pyrrole nitrogens is 1. The molecule has 0 saturated heterocycles. The molecule has 2 N–H and O–H groups in total. The van der Waals surface area contributed by atoms with E-state index in [1.54, 1.807) is 6.07 Å². The second kappa shape index (κ2) is 5.28. The lowest BCUT2D eigenvalue weighted by Crippen LogP contribution is -2.06. The van der Waals surface area contributed by atoms with Crippen LogP contribution in [0.5, 0.6) is 0 Å². The third-order valence-corrected chi connectivity index (χ3v) is 2.37. The fraction of sp³-hybridized carbons (Fsp3) is 0.231. The zero-order chi connectivity index (χ0) is 12.1. The molecule has 0 saturated carbocycles. The first-order valence-electron chi connectivity index (χ1n) is 5.42. The summed E-state index contributed by atoms with van der Waals surface area (Å²) in [5, 5.41) is 3.62. The largest absolute Gasteiger partial charge is 0.319 e. The average Bonchev–Trinajstić information content (AvgIpc) is 2.35. The molecule has 0 fully saturated rings. The second-order valence-electron chi connectivity index (χ2n) is 3.62. The smallest absolute Gasteiger partial charge is 0.258 e. The van der Waals surface area contributed by atoms with Crippen LogP contribution in [0, 0.1) is 11.8 Å². The van der Waals surface area contributed by atoms with E-state index in [9.17, 15) is 4.79 Å².